The first kappa shape index (κ1) is 20.2. The highest BCUT2D eigenvalue weighted by Gasteiger charge is 2.49. The van der Waals surface area contributed by atoms with Crippen molar-refractivity contribution in [2.24, 2.45) is 16.5 Å². The summed E-state index contributed by atoms with van der Waals surface area (Å²) in [5, 5.41) is 1.48. The van der Waals surface area contributed by atoms with Crippen molar-refractivity contribution in [1.82, 2.24) is 15.0 Å². The van der Waals surface area contributed by atoms with Crippen molar-refractivity contribution in [3.05, 3.63) is 77.7 Å². The highest BCUT2D eigenvalue weighted by atomic mass is 32.2. The normalized spacial score (nSPS) is 25.9. The van der Waals surface area contributed by atoms with Crippen LogP contribution in [-0.4, -0.2) is 33.0 Å². The SMILES string of the molecule is COc1cnc2c(C3(N)C=CC4=C(C3)C3(CCSC(N)=N3)c3ccncc3O4)nccc2c1. The number of hydrogen-bond donors (Lipinski definition) is 2. The Morgan fingerprint density at radius 1 is 1.18 bits per heavy atom. The third-order valence-corrected chi connectivity index (χ3v) is 7.31. The predicted molar refractivity (Wildman–Crippen MR) is 128 cm³/mol. The number of aliphatic imine (C=N–C) groups is 1. The molecule has 166 valence electrons. The van der Waals surface area contributed by atoms with Gasteiger partial charge in [0, 0.05) is 41.1 Å². The first-order valence-corrected chi connectivity index (χ1v) is 11.6. The van der Waals surface area contributed by atoms with E-state index in [1.807, 2.05) is 30.4 Å². The second-order valence-electron chi connectivity index (χ2n) is 8.38. The zero-order valence-electron chi connectivity index (χ0n) is 18.0. The topological polar surface area (TPSA) is 122 Å². The maximum Gasteiger partial charge on any atom is 0.155 e. The summed E-state index contributed by atoms with van der Waals surface area (Å²) in [6.07, 6.45) is 12.1. The van der Waals surface area contributed by atoms with Gasteiger partial charge in [0.25, 0.3) is 0 Å². The Labute approximate surface area is 194 Å². The minimum atomic E-state index is -0.893. The van der Waals surface area contributed by atoms with Crippen molar-refractivity contribution in [3.8, 4) is 11.5 Å². The Morgan fingerprint density at radius 3 is 2.94 bits per heavy atom. The summed E-state index contributed by atoms with van der Waals surface area (Å²) in [4.78, 5) is 18.5. The summed E-state index contributed by atoms with van der Waals surface area (Å²) in [5.41, 5.74) is 15.2. The number of fused-ring (bicyclic) bond motifs is 4. The van der Waals surface area contributed by atoms with Crippen molar-refractivity contribution >= 4 is 27.8 Å². The molecule has 2 unspecified atom stereocenters. The van der Waals surface area contributed by atoms with Gasteiger partial charge in [-0.05, 0) is 30.7 Å². The fourth-order valence-electron chi connectivity index (χ4n) is 4.94. The molecule has 0 fully saturated rings. The standard InChI is InChI=1S/C24H22N6O2S/c1-31-15-10-14-3-8-28-21(20(14)29-12-15)23(26)5-2-18-17(11-23)24(6-9-33-22(25)30-24)16-4-7-27-13-19(16)32-18/h2-5,7-8,10,12-13H,6,9,11,26H2,1H3,(H2,25,30). The highest BCUT2D eigenvalue weighted by molar-refractivity contribution is 8.13. The van der Waals surface area contributed by atoms with Gasteiger partial charge in [0.1, 0.15) is 17.0 Å². The van der Waals surface area contributed by atoms with E-state index in [9.17, 15) is 0 Å². The third-order valence-electron chi connectivity index (χ3n) is 6.51. The van der Waals surface area contributed by atoms with E-state index in [0.29, 0.717) is 28.8 Å². The van der Waals surface area contributed by atoms with Gasteiger partial charge in [0.15, 0.2) is 10.9 Å². The van der Waals surface area contributed by atoms with Crippen LogP contribution in [0.15, 0.2) is 71.5 Å². The zero-order valence-corrected chi connectivity index (χ0v) is 18.8. The molecule has 3 aliphatic rings. The Balaban J connectivity index is 1.51. The van der Waals surface area contributed by atoms with Gasteiger partial charge in [-0.3, -0.25) is 15.0 Å². The number of nitrogens with two attached hydrogens (primary N) is 2. The van der Waals surface area contributed by atoms with Crippen molar-refractivity contribution in [1.29, 1.82) is 0 Å². The predicted octanol–water partition coefficient (Wildman–Crippen LogP) is 3.14. The molecule has 9 heteroatoms. The van der Waals surface area contributed by atoms with Crippen molar-refractivity contribution in [3.63, 3.8) is 0 Å². The van der Waals surface area contributed by atoms with Gasteiger partial charge in [0.05, 0.1) is 36.3 Å². The van der Waals surface area contributed by atoms with E-state index in [1.54, 1.807) is 43.7 Å². The molecule has 0 saturated carbocycles. The maximum absolute atomic E-state index is 7.06. The lowest BCUT2D eigenvalue weighted by molar-refractivity contribution is 0.326. The highest BCUT2D eigenvalue weighted by Crippen LogP contribution is 2.54. The molecule has 2 atom stereocenters. The van der Waals surface area contributed by atoms with Crippen LogP contribution in [0, 0.1) is 0 Å². The molecule has 1 spiro atoms. The number of amidine groups is 1. The zero-order chi connectivity index (χ0) is 22.6. The number of thioether (sulfide) groups is 1. The fraction of sp³-hybridized carbons (Fsp3) is 0.250. The van der Waals surface area contributed by atoms with Gasteiger partial charge >= 0.3 is 0 Å². The van der Waals surface area contributed by atoms with Gasteiger partial charge in [-0.25, -0.2) is 4.99 Å². The number of nitrogens with zero attached hydrogens (tertiary/aromatic N) is 4. The van der Waals surface area contributed by atoms with E-state index in [4.69, 9.17) is 25.9 Å². The van der Waals surface area contributed by atoms with Crippen molar-refractivity contribution in [2.45, 2.75) is 23.9 Å². The molecule has 0 radical (unpaired) electrons. The maximum atomic E-state index is 7.06. The average molecular weight is 459 g/mol. The van der Waals surface area contributed by atoms with Crippen LogP contribution in [0.1, 0.15) is 24.1 Å². The molecule has 0 amide bonds. The number of aromatic nitrogens is 3. The molecule has 4 N–H and O–H groups in total. The third kappa shape index (κ3) is 3.03. The van der Waals surface area contributed by atoms with Gasteiger partial charge < -0.3 is 20.9 Å². The Morgan fingerprint density at radius 2 is 2.09 bits per heavy atom. The van der Waals surface area contributed by atoms with Crippen molar-refractivity contribution in [2.75, 3.05) is 12.9 Å². The Kier molecular flexibility index (Phi) is 4.46. The monoisotopic (exact) mass is 458 g/mol. The lowest BCUT2D eigenvalue weighted by atomic mass is 9.70. The second kappa shape index (κ2) is 7.29. The van der Waals surface area contributed by atoms with Gasteiger partial charge in [-0.1, -0.05) is 17.8 Å². The summed E-state index contributed by atoms with van der Waals surface area (Å²) in [6.45, 7) is 0. The van der Waals surface area contributed by atoms with E-state index in [2.05, 4.69) is 15.0 Å². The van der Waals surface area contributed by atoms with Gasteiger partial charge in [-0.15, -0.1) is 0 Å². The molecule has 5 heterocycles. The van der Waals surface area contributed by atoms with Gasteiger partial charge in [-0.2, -0.15) is 0 Å². The second-order valence-corrected chi connectivity index (χ2v) is 9.50. The molecule has 6 rings (SSSR count). The quantitative estimate of drug-likeness (QED) is 0.601. The molecule has 3 aromatic rings. The van der Waals surface area contributed by atoms with Crippen molar-refractivity contribution < 1.29 is 9.47 Å². The van der Waals surface area contributed by atoms with Crippen LogP contribution < -0.4 is 20.9 Å². The van der Waals surface area contributed by atoms with E-state index in [1.165, 1.54) is 0 Å². The Hall–Kier alpha value is -3.43. The lowest BCUT2D eigenvalue weighted by Crippen LogP contribution is -2.45. The number of rotatable bonds is 2. The molecular formula is C24H22N6O2S. The summed E-state index contributed by atoms with van der Waals surface area (Å²) >= 11 is 1.57. The van der Waals surface area contributed by atoms with E-state index in [0.717, 1.165) is 40.0 Å². The Bertz CT molecular complexity index is 1390. The first-order chi connectivity index (χ1) is 16.0. The molecule has 2 aliphatic heterocycles. The van der Waals surface area contributed by atoms with Crippen LogP contribution in [-0.2, 0) is 11.1 Å². The first-order valence-electron chi connectivity index (χ1n) is 10.6. The smallest absolute Gasteiger partial charge is 0.155 e. The number of allylic oxidation sites excluding steroid dienone is 1. The number of methoxy groups -OCH3 is 1. The van der Waals surface area contributed by atoms with Crippen LogP contribution in [0.3, 0.4) is 0 Å². The fourth-order valence-corrected chi connectivity index (χ4v) is 5.77. The van der Waals surface area contributed by atoms with Crippen LogP contribution in [0.2, 0.25) is 0 Å². The molecule has 0 bridgehead atoms. The molecule has 1 aliphatic carbocycles. The summed E-state index contributed by atoms with van der Waals surface area (Å²) in [7, 11) is 1.62. The minimum absolute atomic E-state index is 0.474. The molecule has 8 nitrogen and oxygen atoms in total. The lowest BCUT2D eigenvalue weighted by Gasteiger charge is -2.44. The largest absolute Gasteiger partial charge is 0.495 e. The van der Waals surface area contributed by atoms with Crippen LogP contribution in [0.4, 0.5) is 0 Å². The number of pyridine rings is 3. The number of ether oxygens (including phenoxy) is 2. The minimum Gasteiger partial charge on any atom is -0.495 e. The summed E-state index contributed by atoms with van der Waals surface area (Å²) < 4.78 is 11.6. The van der Waals surface area contributed by atoms with Crippen LogP contribution in [0.5, 0.6) is 11.5 Å². The van der Waals surface area contributed by atoms with Gasteiger partial charge in [0.2, 0.25) is 0 Å². The molecule has 0 saturated heterocycles. The number of hydrogen-bond acceptors (Lipinski definition) is 9. The van der Waals surface area contributed by atoms with E-state index in [-0.39, 0.29) is 0 Å². The van der Waals surface area contributed by atoms with Crippen LogP contribution in [0.25, 0.3) is 10.9 Å². The molecular weight excluding hydrogens is 436 g/mol. The summed E-state index contributed by atoms with van der Waals surface area (Å²) in [6, 6.07) is 5.81. The average Bonchev–Trinajstić information content (AvgIpc) is 2.84. The molecule has 3 aromatic heterocycles. The van der Waals surface area contributed by atoms with Crippen LogP contribution >= 0.6 is 11.8 Å². The molecule has 33 heavy (non-hydrogen) atoms. The molecule has 0 aromatic carbocycles. The van der Waals surface area contributed by atoms with E-state index >= 15 is 0 Å². The van der Waals surface area contributed by atoms with E-state index < -0.39 is 11.1 Å². The summed E-state index contributed by atoms with van der Waals surface area (Å²) in [5.74, 6) is 2.98.